The van der Waals surface area contributed by atoms with E-state index >= 15 is 0 Å². The van der Waals surface area contributed by atoms with Crippen molar-refractivity contribution in [2.24, 2.45) is 0 Å². The number of halogens is 1. The van der Waals surface area contributed by atoms with Gasteiger partial charge in [-0.3, -0.25) is 9.59 Å². The Balaban J connectivity index is 1.97. The number of ketones is 1. The van der Waals surface area contributed by atoms with E-state index in [-0.39, 0.29) is 23.7 Å². The van der Waals surface area contributed by atoms with Crippen molar-refractivity contribution < 1.29 is 9.59 Å². The Kier molecular flexibility index (Phi) is 3.27. The fraction of sp³-hybridized carbons (Fsp3) is 0.263. The van der Waals surface area contributed by atoms with Crippen LogP contribution in [0.15, 0.2) is 42.5 Å². The summed E-state index contributed by atoms with van der Waals surface area (Å²) < 4.78 is 0. The second kappa shape index (κ2) is 5.20. The average molecular weight is 326 g/mol. The standard InChI is InChI=1S/C19H16ClNO2/c1-11(22)21-15-9-8-14(20)18-16(23)10-7-13(17(15)18)19(21)12-5-3-2-4-6-12/h2-6,8-9,13,19H,7,10H2,1H3. The summed E-state index contributed by atoms with van der Waals surface area (Å²) in [6.07, 6.45) is 1.23. The van der Waals surface area contributed by atoms with Crippen LogP contribution >= 0.6 is 11.6 Å². The van der Waals surface area contributed by atoms with Crippen LogP contribution in [0.4, 0.5) is 5.69 Å². The van der Waals surface area contributed by atoms with E-state index in [0.29, 0.717) is 17.0 Å². The quantitative estimate of drug-likeness (QED) is 0.773. The average Bonchev–Trinajstić information content (AvgIpc) is 2.88. The number of anilines is 1. The van der Waals surface area contributed by atoms with Gasteiger partial charge in [-0.15, -0.1) is 0 Å². The number of nitrogens with zero attached hydrogens (tertiary/aromatic N) is 1. The molecule has 4 heteroatoms. The molecule has 0 saturated heterocycles. The molecule has 0 bridgehead atoms. The van der Waals surface area contributed by atoms with Crippen LogP contribution in [-0.4, -0.2) is 11.7 Å². The highest BCUT2D eigenvalue weighted by atomic mass is 35.5. The van der Waals surface area contributed by atoms with Crippen molar-refractivity contribution in [1.82, 2.24) is 0 Å². The zero-order valence-electron chi connectivity index (χ0n) is 12.8. The van der Waals surface area contributed by atoms with Gasteiger partial charge in [0.25, 0.3) is 0 Å². The Morgan fingerprint density at radius 1 is 1.17 bits per heavy atom. The third-order valence-corrected chi connectivity index (χ3v) is 5.22. The minimum absolute atomic E-state index is 0.00905. The van der Waals surface area contributed by atoms with Gasteiger partial charge in [-0.1, -0.05) is 41.9 Å². The van der Waals surface area contributed by atoms with Crippen LogP contribution in [0.3, 0.4) is 0 Å². The summed E-state index contributed by atoms with van der Waals surface area (Å²) in [7, 11) is 0. The molecule has 1 heterocycles. The molecule has 0 fully saturated rings. The van der Waals surface area contributed by atoms with Crippen LogP contribution in [0.5, 0.6) is 0 Å². The number of Topliss-reactive ketones (excluding diaryl/α,β-unsaturated/α-hetero) is 1. The Labute approximate surface area is 139 Å². The van der Waals surface area contributed by atoms with Crippen LogP contribution in [0.1, 0.15) is 53.2 Å². The van der Waals surface area contributed by atoms with Gasteiger partial charge in [0.05, 0.1) is 11.1 Å². The van der Waals surface area contributed by atoms with Crippen molar-refractivity contribution in [3.05, 3.63) is 64.2 Å². The molecule has 0 aromatic heterocycles. The summed E-state index contributed by atoms with van der Waals surface area (Å²) >= 11 is 6.30. The zero-order valence-corrected chi connectivity index (χ0v) is 13.5. The molecule has 1 aliphatic carbocycles. The SMILES string of the molecule is CC(=O)N1c2ccc(Cl)c3c2C(CCC3=O)C1c1ccccc1. The molecule has 116 valence electrons. The number of rotatable bonds is 1. The molecule has 0 N–H and O–H groups in total. The summed E-state index contributed by atoms with van der Waals surface area (Å²) in [5.41, 5.74) is 3.51. The highest BCUT2D eigenvalue weighted by Crippen LogP contribution is 2.55. The minimum atomic E-state index is -0.0611. The van der Waals surface area contributed by atoms with Crippen molar-refractivity contribution in [2.75, 3.05) is 4.90 Å². The molecule has 2 atom stereocenters. The Bertz CT molecular complexity index is 816. The summed E-state index contributed by atoms with van der Waals surface area (Å²) in [6, 6.07) is 13.6. The first-order valence-electron chi connectivity index (χ1n) is 7.80. The Morgan fingerprint density at radius 3 is 2.61 bits per heavy atom. The number of hydrogen-bond acceptors (Lipinski definition) is 2. The van der Waals surface area contributed by atoms with Gasteiger partial charge in [-0.05, 0) is 29.7 Å². The molecule has 2 unspecified atom stereocenters. The molecule has 2 aliphatic rings. The molecule has 4 rings (SSSR count). The smallest absolute Gasteiger partial charge is 0.224 e. The lowest BCUT2D eigenvalue weighted by Crippen LogP contribution is -2.31. The predicted molar refractivity (Wildman–Crippen MR) is 90.1 cm³/mol. The zero-order chi connectivity index (χ0) is 16.1. The second-order valence-corrected chi connectivity index (χ2v) is 6.58. The Hall–Kier alpha value is -2.13. The van der Waals surface area contributed by atoms with Gasteiger partial charge >= 0.3 is 0 Å². The van der Waals surface area contributed by atoms with Crippen LogP contribution in [0.2, 0.25) is 5.02 Å². The van der Waals surface area contributed by atoms with E-state index in [1.54, 1.807) is 13.0 Å². The molecule has 23 heavy (non-hydrogen) atoms. The van der Waals surface area contributed by atoms with E-state index in [4.69, 9.17) is 11.6 Å². The number of benzene rings is 2. The van der Waals surface area contributed by atoms with E-state index in [9.17, 15) is 9.59 Å². The van der Waals surface area contributed by atoms with Gasteiger partial charge in [0, 0.05) is 30.5 Å². The molecule has 2 aromatic carbocycles. The van der Waals surface area contributed by atoms with Crippen molar-refractivity contribution in [2.45, 2.75) is 31.7 Å². The van der Waals surface area contributed by atoms with Gasteiger partial charge in [-0.25, -0.2) is 0 Å². The molecule has 0 saturated carbocycles. The summed E-state index contributed by atoms with van der Waals surface area (Å²) in [5.74, 6) is 0.202. The summed E-state index contributed by atoms with van der Waals surface area (Å²) in [6.45, 7) is 1.58. The first kappa shape index (κ1) is 14.5. The largest absolute Gasteiger partial charge is 0.304 e. The minimum Gasteiger partial charge on any atom is -0.304 e. The van der Waals surface area contributed by atoms with E-state index < -0.39 is 0 Å². The lowest BCUT2D eigenvalue weighted by atomic mass is 9.78. The maximum Gasteiger partial charge on any atom is 0.224 e. The molecular weight excluding hydrogens is 310 g/mol. The first-order valence-corrected chi connectivity index (χ1v) is 8.17. The molecule has 2 aromatic rings. The van der Waals surface area contributed by atoms with Gasteiger partial charge in [-0.2, -0.15) is 0 Å². The van der Waals surface area contributed by atoms with Gasteiger partial charge in [0.15, 0.2) is 5.78 Å². The van der Waals surface area contributed by atoms with Gasteiger partial charge in [0.2, 0.25) is 5.91 Å². The highest BCUT2D eigenvalue weighted by Gasteiger charge is 2.46. The lowest BCUT2D eigenvalue weighted by Gasteiger charge is -2.29. The van der Waals surface area contributed by atoms with Crippen molar-refractivity contribution in [3.63, 3.8) is 0 Å². The normalized spacial score (nSPS) is 22.2. The molecule has 0 radical (unpaired) electrons. The monoisotopic (exact) mass is 325 g/mol. The molecule has 1 amide bonds. The van der Waals surface area contributed by atoms with Gasteiger partial charge < -0.3 is 4.90 Å². The number of carbonyl (C=O) groups excluding carboxylic acids is 2. The van der Waals surface area contributed by atoms with Crippen LogP contribution in [-0.2, 0) is 4.79 Å². The third kappa shape index (κ3) is 2.03. The van der Waals surface area contributed by atoms with Crippen LogP contribution in [0, 0.1) is 0 Å². The van der Waals surface area contributed by atoms with Crippen LogP contribution < -0.4 is 4.90 Å². The molecular formula is C19H16ClNO2. The number of carbonyl (C=O) groups is 2. The molecule has 3 nitrogen and oxygen atoms in total. The van der Waals surface area contributed by atoms with E-state index in [2.05, 4.69) is 0 Å². The maximum absolute atomic E-state index is 12.4. The lowest BCUT2D eigenvalue weighted by molar-refractivity contribution is -0.117. The summed E-state index contributed by atoms with van der Waals surface area (Å²) in [5, 5.41) is 0.496. The van der Waals surface area contributed by atoms with Crippen molar-refractivity contribution in [1.29, 1.82) is 0 Å². The molecule has 0 spiro atoms. The van der Waals surface area contributed by atoms with Crippen LogP contribution in [0.25, 0.3) is 0 Å². The van der Waals surface area contributed by atoms with Gasteiger partial charge in [0.1, 0.15) is 0 Å². The van der Waals surface area contributed by atoms with Crippen molar-refractivity contribution in [3.8, 4) is 0 Å². The predicted octanol–water partition coefficient (Wildman–Crippen LogP) is 4.51. The van der Waals surface area contributed by atoms with E-state index in [0.717, 1.165) is 23.2 Å². The third-order valence-electron chi connectivity index (χ3n) is 4.90. The summed E-state index contributed by atoms with van der Waals surface area (Å²) in [4.78, 5) is 26.6. The molecule has 1 aliphatic heterocycles. The fourth-order valence-corrected chi connectivity index (χ4v) is 4.32. The second-order valence-electron chi connectivity index (χ2n) is 6.17. The fourth-order valence-electron chi connectivity index (χ4n) is 4.05. The van der Waals surface area contributed by atoms with Crippen molar-refractivity contribution >= 4 is 29.0 Å². The van der Waals surface area contributed by atoms with E-state index in [1.165, 1.54) is 0 Å². The maximum atomic E-state index is 12.4. The van der Waals surface area contributed by atoms with E-state index in [1.807, 2.05) is 41.3 Å². The Morgan fingerprint density at radius 2 is 1.91 bits per heavy atom. The number of amides is 1. The topological polar surface area (TPSA) is 37.4 Å². The first-order chi connectivity index (χ1) is 11.1. The highest BCUT2D eigenvalue weighted by molar-refractivity contribution is 6.34. The number of hydrogen-bond donors (Lipinski definition) is 0.